The van der Waals surface area contributed by atoms with Gasteiger partial charge in [0.2, 0.25) is 0 Å². The molecule has 24 heavy (non-hydrogen) atoms. The molecule has 0 unspecified atom stereocenters. The van der Waals surface area contributed by atoms with Gasteiger partial charge in [0.15, 0.2) is 0 Å². The summed E-state index contributed by atoms with van der Waals surface area (Å²) in [5.41, 5.74) is 2.96. The number of carbonyl (C=O) groups excluding carboxylic acids is 1. The Bertz CT molecular complexity index is 669. The fourth-order valence-corrected chi connectivity index (χ4v) is 2.54. The van der Waals surface area contributed by atoms with Crippen LogP contribution in [-0.4, -0.2) is 46.0 Å². The number of methoxy groups -OCH3 is 1. The zero-order valence-corrected chi connectivity index (χ0v) is 14.7. The molecule has 0 radical (unpaired) electrons. The second kappa shape index (κ2) is 8.44. The molecule has 7 heteroatoms. The fraction of sp³-hybridized carbons (Fsp3) is 0.471. The van der Waals surface area contributed by atoms with Gasteiger partial charge in [0, 0.05) is 45.2 Å². The van der Waals surface area contributed by atoms with Crippen LogP contribution in [-0.2, 0) is 24.8 Å². The van der Waals surface area contributed by atoms with Crippen LogP contribution in [0.4, 0.5) is 10.6 Å². The Balaban J connectivity index is 2.14. The summed E-state index contributed by atoms with van der Waals surface area (Å²) in [4.78, 5) is 18.5. The highest BCUT2D eigenvalue weighted by atomic mass is 16.5. The molecule has 0 saturated heterocycles. The lowest BCUT2D eigenvalue weighted by atomic mass is 10.2. The number of amides is 2. The van der Waals surface area contributed by atoms with Crippen LogP contribution >= 0.6 is 0 Å². The van der Waals surface area contributed by atoms with E-state index in [4.69, 9.17) is 4.74 Å². The minimum Gasteiger partial charge on any atom is -0.383 e. The third kappa shape index (κ3) is 4.32. The molecule has 1 N–H and O–H groups in total. The van der Waals surface area contributed by atoms with Crippen LogP contribution in [0, 0.1) is 6.92 Å². The van der Waals surface area contributed by atoms with E-state index in [1.54, 1.807) is 29.1 Å². The van der Waals surface area contributed by atoms with Crippen molar-refractivity contribution < 1.29 is 9.53 Å². The van der Waals surface area contributed by atoms with Gasteiger partial charge in [-0.1, -0.05) is 13.0 Å². The molecule has 0 atom stereocenters. The zero-order valence-electron chi connectivity index (χ0n) is 14.7. The maximum Gasteiger partial charge on any atom is 0.323 e. The molecule has 2 heterocycles. The van der Waals surface area contributed by atoms with Crippen molar-refractivity contribution in [1.82, 2.24) is 19.7 Å². The lowest BCUT2D eigenvalue weighted by Gasteiger charge is -2.23. The smallest absolute Gasteiger partial charge is 0.323 e. The molecule has 2 rings (SSSR count). The Kier molecular flexibility index (Phi) is 6.31. The molecule has 0 aliphatic rings. The van der Waals surface area contributed by atoms with E-state index < -0.39 is 0 Å². The van der Waals surface area contributed by atoms with Crippen molar-refractivity contribution in [3.8, 4) is 0 Å². The van der Waals surface area contributed by atoms with Gasteiger partial charge < -0.3 is 9.64 Å². The average Bonchev–Trinajstić information content (AvgIpc) is 2.86. The van der Waals surface area contributed by atoms with E-state index in [0.29, 0.717) is 19.7 Å². The fourth-order valence-electron chi connectivity index (χ4n) is 2.54. The minimum absolute atomic E-state index is 0.176. The lowest BCUT2D eigenvalue weighted by molar-refractivity contribution is 0.152. The molecule has 7 nitrogen and oxygen atoms in total. The normalized spacial score (nSPS) is 10.7. The van der Waals surface area contributed by atoms with Gasteiger partial charge in [0.25, 0.3) is 0 Å². The van der Waals surface area contributed by atoms with E-state index in [0.717, 1.165) is 29.1 Å². The molecule has 2 aromatic rings. The number of ether oxygens (including phenoxy) is 1. The van der Waals surface area contributed by atoms with Crippen LogP contribution in [0.2, 0.25) is 0 Å². The number of pyridine rings is 1. The summed E-state index contributed by atoms with van der Waals surface area (Å²) in [6.45, 7) is 5.46. The first-order valence-electron chi connectivity index (χ1n) is 8.03. The summed E-state index contributed by atoms with van der Waals surface area (Å²) in [6, 6.07) is 3.63. The maximum absolute atomic E-state index is 12.7. The third-order valence-electron chi connectivity index (χ3n) is 3.89. The Morgan fingerprint density at radius 3 is 2.83 bits per heavy atom. The van der Waals surface area contributed by atoms with Gasteiger partial charge in [-0.3, -0.25) is 15.0 Å². The maximum atomic E-state index is 12.7. The number of hydrogen-bond donors (Lipinski definition) is 1. The van der Waals surface area contributed by atoms with E-state index >= 15 is 0 Å². The van der Waals surface area contributed by atoms with Gasteiger partial charge >= 0.3 is 6.03 Å². The number of rotatable bonds is 7. The summed E-state index contributed by atoms with van der Waals surface area (Å²) >= 11 is 0. The standard InChI is InChI=1S/C17H25N5O2/c1-5-15-13(2)16(21(3)20-15)19-17(23)22(9-10-24-4)12-14-7-6-8-18-11-14/h6-8,11H,5,9-10,12H2,1-4H3,(H,19,23). The van der Waals surface area contributed by atoms with E-state index in [1.165, 1.54) is 0 Å². The highest BCUT2D eigenvalue weighted by Crippen LogP contribution is 2.19. The topological polar surface area (TPSA) is 72.3 Å². The van der Waals surface area contributed by atoms with Crippen LogP contribution in [0.15, 0.2) is 24.5 Å². The van der Waals surface area contributed by atoms with Crippen LogP contribution in [0.1, 0.15) is 23.7 Å². The molecule has 0 fully saturated rings. The van der Waals surface area contributed by atoms with Crippen molar-refractivity contribution in [3.63, 3.8) is 0 Å². The summed E-state index contributed by atoms with van der Waals surface area (Å²) in [5, 5.41) is 7.41. The molecule has 130 valence electrons. The number of nitrogens with zero attached hydrogens (tertiary/aromatic N) is 4. The lowest BCUT2D eigenvalue weighted by Crippen LogP contribution is -2.37. The molecule has 0 aromatic carbocycles. The predicted octanol–water partition coefficient (Wildman–Crippen LogP) is 2.37. The van der Waals surface area contributed by atoms with Gasteiger partial charge in [-0.2, -0.15) is 5.10 Å². The number of aryl methyl sites for hydroxylation is 2. The number of hydrogen-bond acceptors (Lipinski definition) is 4. The summed E-state index contributed by atoms with van der Waals surface area (Å²) in [7, 11) is 3.46. The second-order valence-corrected chi connectivity index (χ2v) is 5.60. The molecular weight excluding hydrogens is 306 g/mol. The number of nitrogens with one attached hydrogen (secondary N) is 1. The Morgan fingerprint density at radius 2 is 2.25 bits per heavy atom. The number of urea groups is 1. The van der Waals surface area contributed by atoms with E-state index in [1.807, 2.05) is 33.0 Å². The van der Waals surface area contributed by atoms with Gasteiger partial charge in [-0.15, -0.1) is 0 Å². The summed E-state index contributed by atoms with van der Waals surface area (Å²) in [6.07, 6.45) is 4.31. The molecule has 0 saturated carbocycles. The largest absolute Gasteiger partial charge is 0.383 e. The molecule has 0 aliphatic carbocycles. The Hall–Kier alpha value is -2.41. The number of aromatic nitrogens is 3. The predicted molar refractivity (Wildman–Crippen MR) is 92.9 cm³/mol. The molecule has 2 amide bonds. The van der Waals surface area contributed by atoms with Gasteiger partial charge in [-0.25, -0.2) is 4.79 Å². The first-order chi connectivity index (χ1) is 11.6. The number of carbonyl (C=O) groups is 1. The van der Waals surface area contributed by atoms with Crippen LogP contribution in [0.3, 0.4) is 0 Å². The minimum atomic E-state index is -0.176. The van der Waals surface area contributed by atoms with Gasteiger partial charge in [-0.05, 0) is 25.0 Å². The third-order valence-corrected chi connectivity index (χ3v) is 3.89. The van der Waals surface area contributed by atoms with E-state index in [2.05, 4.69) is 15.4 Å². The zero-order chi connectivity index (χ0) is 17.5. The van der Waals surface area contributed by atoms with Gasteiger partial charge in [0.05, 0.1) is 12.3 Å². The van der Waals surface area contributed by atoms with Crippen molar-refractivity contribution in [1.29, 1.82) is 0 Å². The van der Waals surface area contributed by atoms with E-state index in [-0.39, 0.29) is 6.03 Å². The van der Waals surface area contributed by atoms with Crippen molar-refractivity contribution >= 4 is 11.8 Å². The number of anilines is 1. The van der Waals surface area contributed by atoms with Gasteiger partial charge in [0.1, 0.15) is 5.82 Å². The monoisotopic (exact) mass is 331 g/mol. The summed E-state index contributed by atoms with van der Waals surface area (Å²) in [5.74, 6) is 0.727. The quantitative estimate of drug-likeness (QED) is 0.845. The van der Waals surface area contributed by atoms with E-state index in [9.17, 15) is 4.79 Å². The highest BCUT2D eigenvalue weighted by molar-refractivity contribution is 5.89. The van der Waals surface area contributed by atoms with Crippen LogP contribution in [0.5, 0.6) is 0 Å². The Labute approximate surface area is 142 Å². The van der Waals surface area contributed by atoms with Crippen molar-refractivity contribution in [2.45, 2.75) is 26.8 Å². The molecule has 2 aromatic heterocycles. The highest BCUT2D eigenvalue weighted by Gasteiger charge is 2.18. The average molecular weight is 331 g/mol. The second-order valence-electron chi connectivity index (χ2n) is 5.60. The molecule has 0 bridgehead atoms. The van der Waals surface area contributed by atoms with Crippen molar-refractivity contribution in [2.75, 3.05) is 25.6 Å². The van der Waals surface area contributed by atoms with Crippen molar-refractivity contribution in [2.24, 2.45) is 7.05 Å². The first-order valence-corrected chi connectivity index (χ1v) is 8.03. The summed E-state index contributed by atoms with van der Waals surface area (Å²) < 4.78 is 6.84. The van der Waals surface area contributed by atoms with Crippen molar-refractivity contribution in [3.05, 3.63) is 41.3 Å². The van der Waals surface area contributed by atoms with Crippen LogP contribution < -0.4 is 5.32 Å². The SMILES string of the molecule is CCc1nn(C)c(NC(=O)N(CCOC)Cc2cccnc2)c1C. The molecule has 0 spiro atoms. The molecular formula is C17H25N5O2. The molecule has 0 aliphatic heterocycles. The Morgan fingerprint density at radius 1 is 1.46 bits per heavy atom. The van der Waals surface area contributed by atoms with Crippen LogP contribution in [0.25, 0.3) is 0 Å². The first kappa shape index (κ1) is 17.9.